The first kappa shape index (κ1) is 17.7. The maximum atomic E-state index is 12.5. The van der Waals surface area contributed by atoms with Crippen molar-refractivity contribution in [2.24, 2.45) is 0 Å². The van der Waals surface area contributed by atoms with Gasteiger partial charge in [-0.2, -0.15) is 5.10 Å². The molecule has 0 saturated carbocycles. The summed E-state index contributed by atoms with van der Waals surface area (Å²) in [6.45, 7) is 6.45. The number of para-hydroxylation sites is 1. The van der Waals surface area contributed by atoms with E-state index in [9.17, 15) is 4.79 Å². The van der Waals surface area contributed by atoms with Crippen molar-refractivity contribution in [3.05, 3.63) is 41.7 Å². The fraction of sp³-hybridized carbons (Fsp3) is 0.500. The van der Waals surface area contributed by atoms with E-state index in [1.807, 2.05) is 48.9 Å². The fourth-order valence-electron chi connectivity index (χ4n) is 3.50. The van der Waals surface area contributed by atoms with Gasteiger partial charge < -0.3 is 5.32 Å². The number of amides is 1. The summed E-state index contributed by atoms with van der Waals surface area (Å²) in [5.41, 5.74) is 3.65. The first-order chi connectivity index (χ1) is 12.1. The lowest BCUT2D eigenvalue weighted by molar-refractivity contribution is -0.117. The predicted octanol–water partition coefficient (Wildman–Crippen LogP) is 3.69. The number of hydrogen-bond acceptors (Lipinski definition) is 3. The second-order valence-corrected chi connectivity index (χ2v) is 6.89. The lowest BCUT2D eigenvalue weighted by Gasteiger charge is -2.23. The number of rotatable bonds is 4. The van der Waals surface area contributed by atoms with E-state index in [0.29, 0.717) is 6.54 Å². The number of aryl methyl sites for hydroxylation is 1. The summed E-state index contributed by atoms with van der Waals surface area (Å²) < 4.78 is 1.89. The molecule has 0 bridgehead atoms. The zero-order valence-corrected chi connectivity index (χ0v) is 15.3. The maximum Gasteiger partial charge on any atom is 0.238 e. The molecule has 1 fully saturated rings. The number of carbonyl (C=O) groups excluding carboxylic acids is 1. The number of nitrogens with zero attached hydrogens (tertiary/aromatic N) is 3. The van der Waals surface area contributed by atoms with Gasteiger partial charge in [0.1, 0.15) is 0 Å². The Morgan fingerprint density at radius 2 is 1.68 bits per heavy atom. The summed E-state index contributed by atoms with van der Waals surface area (Å²) in [6.07, 6.45) is 6.27. The minimum atomic E-state index is 0.0550. The third-order valence-corrected chi connectivity index (χ3v) is 4.87. The van der Waals surface area contributed by atoms with Crippen molar-refractivity contribution in [3.63, 3.8) is 0 Å². The Bertz CT molecular complexity index is 700. The average molecular weight is 340 g/mol. The number of aromatic nitrogens is 2. The minimum absolute atomic E-state index is 0.0550. The summed E-state index contributed by atoms with van der Waals surface area (Å²) in [4.78, 5) is 14.8. The van der Waals surface area contributed by atoms with E-state index in [1.165, 1.54) is 32.1 Å². The van der Waals surface area contributed by atoms with Crippen LogP contribution in [0.2, 0.25) is 0 Å². The molecule has 3 rings (SSSR count). The van der Waals surface area contributed by atoms with Crippen LogP contribution in [0.15, 0.2) is 30.3 Å². The van der Waals surface area contributed by atoms with Gasteiger partial charge in [-0.25, -0.2) is 4.68 Å². The summed E-state index contributed by atoms with van der Waals surface area (Å²) in [5, 5.41) is 7.68. The molecule has 0 radical (unpaired) electrons. The zero-order chi connectivity index (χ0) is 17.6. The van der Waals surface area contributed by atoms with Gasteiger partial charge in [-0.15, -0.1) is 0 Å². The van der Waals surface area contributed by atoms with Crippen LogP contribution in [0.3, 0.4) is 0 Å². The molecule has 0 spiro atoms. The normalized spacial score (nSPS) is 16.2. The standard InChI is InChI=1S/C20H28N4O/c1-16-20(17(2)24(22-16)18-11-7-6-8-12-18)21-19(25)15-23-13-9-4-3-5-10-14-23/h6-8,11-12H,3-5,9-10,13-15H2,1-2H3,(H,21,25). The lowest BCUT2D eigenvalue weighted by Crippen LogP contribution is -2.35. The van der Waals surface area contributed by atoms with E-state index in [4.69, 9.17) is 0 Å². The SMILES string of the molecule is Cc1nn(-c2ccccc2)c(C)c1NC(=O)CN1CCCCCCC1. The highest BCUT2D eigenvalue weighted by Gasteiger charge is 2.17. The molecule has 5 nitrogen and oxygen atoms in total. The summed E-state index contributed by atoms with van der Waals surface area (Å²) in [7, 11) is 0. The first-order valence-electron chi connectivity index (χ1n) is 9.29. The third-order valence-electron chi connectivity index (χ3n) is 4.87. The van der Waals surface area contributed by atoms with Crippen molar-refractivity contribution < 1.29 is 4.79 Å². The Morgan fingerprint density at radius 1 is 1.04 bits per heavy atom. The third kappa shape index (κ3) is 4.48. The molecule has 1 aliphatic heterocycles. The Morgan fingerprint density at radius 3 is 2.36 bits per heavy atom. The van der Waals surface area contributed by atoms with E-state index in [-0.39, 0.29) is 5.91 Å². The molecule has 2 heterocycles. The van der Waals surface area contributed by atoms with E-state index in [0.717, 1.165) is 35.9 Å². The highest BCUT2D eigenvalue weighted by molar-refractivity contribution is 5.93. The number of hydrogen-bond donors (Lipinski definition) is 1. The van der Waals surface area contributed by atoms with Crippen LogP contribution in [0.4, 0.5) is 5.69 Å². The van der Waals surface area contributed by atoms with Crippen LogP contribution in [0, 0.1) is 13.8 Å². The van der Waals surface area contributed by atoms with Crippen LogP contribution >= 0.6 is 0 Å². The molecule has 1 N–H and O–H groups in total. The van der Waals surface area contributed by atoms with Crippen LogP contribution < -0.4 is 5.32 Å². The smallest absolute Gasteiger partial charge is 0.238 e. The first-order valence-corrected chi connectivity index (χ1v) is 9.29. The number of carbonyl (C=O) groups is 1. The number of benzene rings is 1. The Hall–Kier alpha value is -2.14. The van der Waals surface area contributed by atoms with Gasteiger partial charge in [-0.1, -0.05) is 37.5 Å². The second-order valence-electron chi connectivity index (χ2n) is 6.89. The quantitative estimate of drug-likeness (QED) is 0.923. The molecule has 1 saturated heterocycles. The number of nitrogens with one attached hydrogen (secondary N) is 1. The van der Waals surface area contributed by atoms with Crippen molar-refractivity contribution in [1.82, 2.24) is 14.7 Å². The van der Waals surface area contributed by atoms with E-state index < -0.39 is 0 Å². The van der Waals surface area contributed by atoms with Gasteiger partial charge in [0.15, 0.2) is 0 Å². The van der Waals surface area contributed by atoms with E-state index >= 15 is 0 Å². The minimum Gasteiger partial charge on any atom is -0.322 e. The summed E-state index contributed by atoms with van der Waals surface area (Å²) in [6, 6.07) is 10.0. The second kappa shape index (κ2) is 8.30. The molecule has 1 aromatic heterocycles. The topological polar surface area (TPSA) is 50.2 Å². The van der Waals surface area contributed by atoms with Gasteiger partial charge in [0.2, 0.25) is 5.91 Å². The molecule has 25 heavy (non-hydrogen) atoms. The van der Waals surface area contributed by atoms with Gasteiger partial charge in [0.05, 0.1) is 29.3 Å². The van der Waals surface area contributed by atoms with Crippen LogP contribution in [-0.4, -0.2) is 40.2 Å². The van der Waals surface area contributed by atoms with Crippen molar-refractivity contribution in [2.45, 2.75) is 46.0 Å². The zero-order valence-electron chi connectivity index (χ0n) is 15.3. The molecule has 1 aromatic carbocycles. The van der Waals surface area contributed by atoms with Crippen LogP contribution in [0.25, 0.3) is 5.69 Å². The van der Waals surface area contributed by atoms with Crippen molar-refractivity contribution in [2.75, 3.05) is 25.0 Å². The van der Waals surface area contributed by atoms with Crippen molar-refractivity contribution in [1.29, 1.82) is 0 Å². The van der Waals surface area contributed by atoms with E-state index in [2.05, 4.69) is 15.3 Å². The van der Waals surface area contributed by atoms with Gasteiger partial charge in [-0.05, 0) is 51.9 Å². The fourth-order valence-corrected chi connectivity index (χ4v) is 3.50. The molecule has 1 aliphatic rings. The largest absolute Gasteiger partial charge is 0.322 e. The van der Waals surface area contributed by atoms with Crippen LogP contribution in [0.5, 0.6) is 0 Å². The molecule has 0 unspecified atom stereocenters. The van der Waals surface area contributed by atoms with Gasteiger partial charge in [0, 0.05) is 0 Å². The number of likely N-dealkylation sites (tertiary alicyclic amines) is 1. The Balaban J connectivity index is 1.68. The monoisotopic (exact) mass is 340 g/mol. The molecule has 1 amide bonds. The molecular formula is C20H28N4O. The maximum absolute atomic E-state index is 12.5. The van der Waals surface area contributed by atoms with Crippen molar-refractivity contribution in [3.8, 4) is 5.69 Å². The van der Waals surface area contributed by atoms with Crippen LogP contribution in [-0.2, 0) is 4.79 Å². The lowest BCUT2D eigenvalue weighted by atomic mass is 10.1. The molecule has 5 heteroatoms. The predicted molar refractivity (Wildman–Crippen MR) is 101 cm³/mol. The highest BCUT2D eigenvalue weighted by Crippen LogP contribution is 2.22. The molecule has 0 aliphatic carbocycles. The molecule has 134 valence electrons. The van der Waals surface area contributed by atoms with Gasteiger partial charge >= 0.3 is 0 Å². The Labute approximate surface area is 150 Å². The van der Waals surface area contributed by atoms with Gasteiger partial charge in [-0.3, -0.25) is 9.69 Å². The van der Waals surface area contributed by atoms with Crippen molar-refractivity contribution >= 4 is 11.6 Å². The molecule has 2 aromatic rings. The van der Waals surface area contributed by atoms with Crippen LogP contribution in [0.1, 0.15) is 43.5 Å². The summed E-state index contributed by atoms with van der Waals surface area (Å²) >= 11 is 0. The Kier molecular flexibility index (Phi) is 5.87. The van der Waals surface area contributed by atoms with Gasteiger partial charge in [0.25, 0.3) is 0 Å². The number of anilines is 1. The van der Waals surface area contributed by atoms with E-state index in [1.54, 1.807) is 0 Å². The average Bonchev–Trinajstić information content (AvgIpc) is 2.86. The highest BCUT2D eigenvalue weighted by atomic mass is 16.2. The summed E-state index contributed by atoms with van der Waals surface area (Å²) in [5.74, 6) is 0.0550. The molecule has 0 atom stereocenters. The molecular weight excluding hydrogens is 312 g/mol.